The van der Waals surface area contributed by atoms with Crippen molar-refractivity contribution in [1.29, 1.82) is 0 Å². The summed E-state index contributed by atoms with van der Waals surface area (Å²) < 4.78 is 0. The lowest BCUT2D eigenvalue weighted by Gasteiger charge is -2.15. The van der Waals surface area contributed by atoms with Gasteiger partial charge in [0, 0.05) is 36.6 Å². The van der Waals surface area contributed by atoms with E-state index in [1.54, 1.807) is 11.1 Å². The molecule has 1 aromatic rings. The average molecular weight is 191 g/mol. The van der Waals surface area contributed by atoms with Crippen LogP contribution in [-0.4, -0.2) is 23.5 Å². The van der Waals surface area contributed by atoms with Crippen LogP contribution in [0.1, 0.15) is 12.1 Å². The van der Waals surface area contributed by atoms with Crippen LogP contribution in [0.2, 0.25) is 0 Å². The van der Waals surface area contributed by atoms with Crippen LogP contribution in [0.25, 0.3) is 0 Å². The predicted molar refractivity (Wildman–Crippen MR) is 53.9 cm³/mol. The second-order valence-corrected chi connectivity index (χ2v) is 3.62. The number of aryl methyl sites for hydroxylation is 1. The molecular formula is C10H13N3O. The average Bonchev–Trinajstić information content (AvgIpc) is 2.45. The Hall–Kier alpha value is -1.42. The molecule has 1 aromatic heterocycles. The molecule has 0 aliphatic carbocycles. The van der Waals surface area contributed by atoms with Crippen molar-refractivity contribution in [3.8, 4) is 0 Å². The summed E-state index contributed by atoms with van der Waals surface area (Å²) in [6, 6.07) is 3.70. The zero-order valence-electron chi connectivity index (χ0n) is 8.10. The Labute approximate surface area is 82.7 Å². The van der Waals surface area contributed by atoms with E-state index in [9.17, 15) is 4.79 Å². The van der Waals surface area contributed by atoms with Gasteiger partial charge in [-0.1, -0.05) is 0 Å². The number of aromatic nitrogens is 1. The molecule has 0 bridgehead atoms. The molecule has 1 atom stereocenters. The predicted octanol–water partition coefficient (Wildman–Crippen LogP) is 0.454. The number of hydrogen-bond donors (Lipinski definition) is 1. The second-order valence-electron chi connectivity index (χ2n) is 3.62. The van der Waals surface area contributed by atoms with Crippen LogP contribution in [0.4, 0.5) is 5.69 Å². The summed E-state index contributed by atoms with van der Waals surface area (Å²) in [6.07, 6.45) is 2.16. The summed E-state index contributed by atoms with van der Waals surface area (Å²) in [5.41, 5.74) is 7.52. The van der Waals surface area contributed by atoms with Gasteiger partial charge in [0.1, 0.15) is 0 Å². The SMILES string of the molecule is Cc1cc(N2CC(N)CC2=O)ccn1. The zero-order valence-corrected chi connectivity index (χ0v) is 8.10. The Kier molecular flexibility index (Phi) is 2.21. The van der Waals surface area contributed by atoms with Gasteiger partial charge in [-0.2, -0.15) is 0 Å². The van der Waals surface area contributed by atoms with E-state index >= 15 is 0 Å². The molecule has 1 aliphatic heterocycles. The third-order valence-corrected chi connectivity index (χ3v) is 2.35. The van der Waals surface area contributed by atoms with Crippen molar-refractivity contribution in [3.63, 3.8) is 0 Å². The van der Waals surface area contributed by atoms with Gasteiger partial charge in [-0.3, -0.25) is 9.78 Å². The number of amides is 1. The highest BCUT2D eigenvalue weighted by Gasteiger charge is 2.27. The lowest BCUT2D eigenvalue weighted by Crippen LogP contribution is -2.27. The van der Waals surface area contributed by atoms with E-state index < -0.39 is 0 Å². The Morgan fingerprint density at radius 3 is 3.00 bits per heavy atom. The highest BCUT2D eigenvalue weighted by molar-refractivity contribution is 5.96. The van der Waals surface area contributed by atoms with Crippen molar-refractivity contribution >= 4 is 11.6 Å². The molecule has 4 heteroatoms. The van der Waals surface area contributed by atoms with E-state index in [-0.39, 0.29) is 11.9 Å². The fourth-order valence-corrected chi connectivity index (χ4v) is 1.68. The number of carbonyl (C=O) groups excluding carboxylic acids is 1. The number of anilines is 1. The highest BCUT2D eigenvalue weighted by Crippen LogP contribution is 2.20. The van der Waals surface area contributed by atoms with Crippen molar-refractivity contribution in [2.45, 2.75) is 19.4 Å². The van der Waals surface area contributed by atoms with Crippen LogP contribution >= 0.6 is 0 Å². The minimum atomic E-state index is -0.0315. The molecule has 1 amide bonds. The Morgan fingerprint density at radius 1 is 1.64 bits per heavy atom. The van der Waals surface area contributed by atoms with E-state index in [0.29, 0.717) is 13.0 Å². The maximum absolute atomic E-state index is 11.5. The standard InChI is InChI=1S/C10H13N3O/c1-7-4-9(2-3-12-7)13-6-8(11)5-10(13)14/h2-4,8H,5-6,11H2,1H3. The molecule has 1 fully saturated rings. The number of nitrogens with zero attached hydrogens (tertiary/aromatic N) is 2. The molecule has 0 saturated carbocycles. The first-order chi connectivity index (χ1) is 6.66. The summed E-state index contributed by atoms with van der Waals surface area (Å²) in [5, 5.41) is 0. The number of pyridine rings is 1. The first-order valence-electron chi connectivity index (χ1n) is 4.65. The summed E-state index contributed by atoms with van der Waals surface area (Å²) in [5.74, 6) is 0.100. The van der Waals surface area contributed by atoms with Crippen LogP contribution < -0.4 is 10.6 Å². The van der Waals surface area contributed by atoms with Gasteiger partial charge in [-0.15, -0.1) is 0 Å². The van der Waals surface area contributed by atoms with Gasteiger partial charge in [0.15, 0.2) is 0 Å². The molecular weight excluding hydrogens is 178 g/mol. The van der Waals surface area contributed by atoms with Gasteiger partial charge in [-0.25, -0.2) is 0 Å². The highest BCUT2D eigenvalue weighted by atomic mass is 16.2. The third-order valence-electron chi connectivity index (χ3n) is 2.35. The second kappa shape index (κ2) is 3.38. The van der Waals surface area contributed by atoms with Crippen LogP contribution in [0.3, 0.4) is 0 Å². The smallest absolute Gasteiger partial charge is 0.228 e. The lowest BCUT2D eigenvalue weighted by atomic mass is 10.3. The summed E-state index contributed by atoms with van der Waals surface area (Å²) in [6.45, 7) is 2.52. The summed E-state index contributed by atoms with van der Waals surface area (Å²) >= 11 is 0. The minimum Gasteiger partial charge on any atom is -0.326 e. The van der Waals surface area contributed by atoms with Gasteiger partial charge < -0.3 is 10.6 Å². The molecule has 0 aromatic carbocycles. The number of hydrogen-bond acceptors (Lipinski definition) is 3. The van der Waals surface area contributed by atoms with E-state index in [2.05, 4.69) is 4.98 Å². The van der Waals surface area contributed by atoms with E-state index in [4.69, 9.17) is 5.73 Å². The van der Waals surface area contributed by atoms with E-state index in [0.717, 1.165) is 11.4 Å². The zero-order chi connectivity index (χ0) is 10.1. The largest absolute Gasteiger partial charge is 0.326 e. The molecule has 1 saturated heterocycles. The van der Waals surface area contributed by atoms with E-state index in [1.165, 1.54) is 0 Å². The molecule has 14 heavy (non-hydrogen) atoms. The fraction of sp³-hybridized carbons (Fsp3) is 0.400. The van der Waals surface area contributed by atoms with Crippen LogP contribution in [-0.2, 0) is 4.79 Å². The third kappa shape index (κ3) is 1.61. The molecule has 4 nitrogen and oxygen atoms in total. The monoisotopic (exact) mass is 191 g/mol. The van der Waals surface area contributed by atoms with Gasteiger partial charge >= 0.3 is 0 Å². The van der Waals surface area contributed by atoms with Crippen LogP contribution in [0.5, 0.6) is 0 Å². The Morgan fingerprint density at radius 2 is 2.43 bits per heavy atom. The van der Waals surface area contributed by atoms with Crippen molar-refractivity contribution < 1.29 is 4.79 Å². The molecule has 2 heterocycles. The first kappa shape index (κ1) is 9.15. The summed E-state index contributed by atoms with van der Waals surface area (Å²) in [4.78, 5) is 17.3. The quantitative estimate of drug-likeness (QED) is 0.701. The van der Waals surface area contributed by atoms with Crippen LogP contribution in [0.15, 0.2) is 18.3 Å². The Balaban J connectivity index is 2.27. The minimum absolute atomic E-state index is 0.0315. The fourth-order valence-electron chi connectivity index (χ4n) is 1.68. The maximum atomic E-state index is 11.5. The van der Waals surface area contributed by atoms with Crippen molar-refractivity contribution in [2.75, 3.05) is 11.4 Å². The Bertz CT molecular complexity index is 364. The van der Waals surface area contributed by atoms with E-state index in [1.807, 2.05) is 19.1 Å². The van der Waals surface area contributed by atoms with Crippen molar-refractivity contribution in [1.82, 2.24) is 4.98 Å². The van der Waals surface area contributed by atoms with Crippen molar-refractivity contribution in [2.24, 2.45) is 5.73 Å². The lowest BCUT2D eigenvalue weighted by molar-refractivity contribution is -0.117. The molecule has 74 valence electrons. The summed E-state index contributed by atoms with van der Waals surface area (Å²) in [7, 11) is 0. The van der Waals surface area contributed by atoms with Gasteiger partial charge in [-0.05, 0) is 19.1 Å². The number of nitrogens with two attached hydrogens (primary N) is 1. The molecule has 1 aliphatic rings. The molecule has 2 N–H and O–H groups in total. The molecule has 0 radical (unpaired) electrons. The van der Waals surface area contributed by atoms with Gasteiger partial charge in [0.2, 0.25) is 5.91 Å². The van der Waals surface area contributed by atoms with Gasteiger partial charge in [0.05, 0.1) is 0 Å². The first-order valence-corrected chi connectivity index (χ1v) is 4.65. The number of carbonyl (C=O) groups is 1. The number of rotatable bonds is 1. The molecule has 1 unspecified atom stereocenters. The molecule has 0 spiro atoms. The molecule has 2 rings (SSSR count). The van der Waals surface area contributed by atoms with Gasteiger partial charge in [0.25, 0.3) is 0 Å². The normalized spacial score (nSPS) is 21.7. The maximum Gasteiger partial charge on any atom is 0.228 e. The van der Waals surface area contributed by atoms with Crippen molar-refractivity contribution in [3.05, 3.63) is 24.0 Å². The van der Waals surface area contributed by atoms with Crippen LogP contribution in [0, 0.1) is 6.92 Å². The topological polar surface area (TPSA) is 59.2 Å².